The van der Waals surface area contributed by atoms with Crippen LogP contribution < -0.4 is 5.73 Å². The highest BCUT2D eigenvalue weighted by atomic mass is 32.1. The van der Waals surface area contributed by atoms with Crippen LogP contribution in [0.3, 0.4) is 0 Å². The van der Waals surface area contributed by atoms with Gasteiger partial charge in [-0.05, 0) is 46.3 Å². The Morgan fingerprint density at radius 3 is 2.56 bits per heavy atom. The molecule has 1 aliphatic rings. The number of thiazole rings is 1. The van der Waals surface area contributed by atoms with Crippen molar-refractivity contribution in [2.24, 2.45) is 5.73 Å². The second-order valence-electron chi connectivity index (χ2n) is 4.83. The minimum Gasteiger partial charge on any atom is -0.319 e. The summed E-state index contributed by atoms with van der Waals surface area (Å²) in [5.74, 6) is 0. The van der Waals surface area contributed by atoms with E-state index in [1.807, 2.05) is 0 Å². The topological polar surface area (TPSA) is 42.1 Å². The maximum atomic E-state index is 6.50. The van der Waals surface area contributed by atoms with Crippen LogP contribution >= 0.6 is 11.3 Å². The predicted molar refractivity (Wildman–Crippen MR) is 68.8 cm³/mol. The molecular weight excluding hydrogens is 218 g/mol. The summed E-state index contributed by atoms with van der Waals surface area (Å²) in [7, 11) is 2.16. The van der Waals surface area contributed by atoms with Crippen molar-refractivity contribution in [3.05, 3.63) is 15.6 Å². The molecule has 3 nitrogen and oxygen atoms in total. The molecule has 1 saturated heterocycles. The van der Waals surface area contributed by atoms with Gasteiger partial charge in [-0.25, -0.2) is 4.98 Å². The summed E-state index contributed by atoms with van der Waals surface area (Å²) in [6, 6.07) is 0. The lowest BCUT2D eigenvalue weighted by molar-refractivity contribution is 0.191. The molecule has 16 heavy (non-hydrogen) atoms. The Morgan fingerprint density at radius 1 is 1.44 bits per heavy atom. The quantitative estimate of drug-likeness (QED) is 0.857. The number of nitrogens with zero attached hydrogens (tertiary/aromatic N) is 2. The van der Waals surface area contributed by atoms with Crippen molar-refractivity contribution in [1.29, 1.82) is 0 Å². The Bertz CT molecular complexity index is 364. The lowest BCUT2D eigenvalue weighted by Gasteiger charge is -2.36. The first-order chi connectivity index (χ1) is 7.55. The van der Waals surface area contributed by atoms with Crippen LogP contribution in [0.25, 0.3) is 0 Å². The van der Waals surface area contributed by atoms with Gasteiger partial charge >= 0.3 is 0 Å². The molecule has 0 atom stereocenters. The zero-order valence-corrected chi connectivity index (χ0v) is 11.2. The first-order valence-corrected chi connectivity index (χ1v) is 6.81. The van der Waals surface area contributed by atoms with E-state index in [1.54, 1.807) is 11.3 Å². The van der Waals surface area contributed by atoms with E-state index in [1.165, 1.54) is 10.6 Å². The van der Waals surface area contributed by atoms with Crippen LogP contribution in [0.1, 0.15) is 35.3 Å². The molecular formula is C12H21N3S. The standard InChI is InChI=1S/C12H21N3S/c1-4-10-9(2)16-11(14-10)12(13)5-7-15(3)8-6-12/h4-8,13H2,1-3H3. The molecule has 0 aromatic carbocycles. The lowest BCUT2D eigenvalue weighted by Crippen LogP contribution is -2.46. The number of rotatable bonds is 2. The van der Waals surface area contributed by atoms with E-state index in [0.717, 1.165) is 37.4 Å². The van der Waals surface area contributed by atoms with Gasteiger partial charge in [0.15, 0.2) is 0 Å². The van der Waals surface area contributed by atoms with E-state index in [0.29, 0.717) is 0 Å². The number of aryl methyl sites for hydroxylation is 2. The van der Waals surface area contributed by atoms with Gasteiger partial charge in [-0.2, -0.15) is 0 Å². The molecule has 0 saturated carbocycles. The lowest BCUT2D eigenvalue weighted by atomic mass is 9.89. The van der Waals surface area contributed by atoms with Gasteiger partial charge in [-0.1, -0.05) is 6.92 Å². The number of hydrogen-bond donors (Lipinski definition) is 1. The second-order valence-corrected chi connectivity index (χ2v) is 6.04. The van der Waals surface area contributed by atoms with Gasteiger partial charge in [0.05, 0.1) is 11.2 Å². The molecule has 0 radical (unpaired) electrons. The van der Waals surface area contributed by atoms with Crippen LogP contribution in [0.4, 0.5) is 0 Å². The van der Waals surface area contributed by atoms with Crippen molar-refractivity contribution in [3.8, 4) is 0 Å². The third-order valence-corrected chi connectivity index (χ3v) is 4.77. The molecule has 0 amide bonds. The number of nitrogens with two attached hydrogens (primary N) is 1. The van der Waals surface area contributed by atoms with E-state index in [2.05, 4.69) is 25.8 Å². The molecule has 1 aromatic heterocycles. The first-order valence-electron chi connectivity index (χ1n) is 5.99. The van der Waals surface area contributed by atoms with Gasteiger partial charge in [0, 0.05) is 4.88 Å². The maximum absolute atomic E-state index is 6.50. The van der Waals surface area contributed by atoms with Crippen molar-refractivity contribution >= 4 is 11.3 Å². The van der Waals surface area contributed by atoms with Crippen LogP contribution in [-0.4, -0.2) is 30.0 Å². The molecule has 0 unspecified atom stereocenters. The van der Waals surface area contributed by atoms with Gasteiger partial charge in [0.25, 0.3) is 0 Å². The highest BCUT2D eigenvalue weighted by Crippen LogP contribution is 2.33. The summed E-state index contributed by atoms with van der Waals surface area (Å²) in [5, 5.41) is 1.15. The molecule has 1 aromatic rings. The molecule has 0 bridgehead atoms. The smallest absolute Gasteiger partial charge is 0.113 e. The predicted octanol–water partition coefficient (Wildman–Crippen LogP) is 1.89. The van der Waals surface area contributed by atoms with Crippen molar-refractivity contribution in [3.63, 3.8) is 0 Å². The number of aromatic nitrogens is 1. The van der Waals surface area contributed by atoms with Crippen LogP contribution in [0.2, 0.25) is 0 Å². The van der Waals surface area contributed by atoms with Crippen molar-refractivity contribution in [2.45, 2.75) is 38.6 Å². The minimum atomic E-state index is -0.171. The normalized spacial score (nSPS) is 21.2. The average Bonchev–Trinajstić information content (AvgIpc) is 2.65. The fourth-order valence-electron chi connectivity index (χ4n) is 2.20. The average molecular weight is 239 g/mol. The monoisotopic (exact) mass is 239 g/mol. The molecule has 1 aliphatic heterocycles. The summed E-state index contributed by atoms with van der Waals surface area (Å²) in [4.78, 5) is 8.40. The van der Waals surface area contributed by atoms with Crippen LogP contribution in [0.15, 0.2) is 0 Å². The summed E-state index contributed by atoms with van der Waals surface area (Å²) >= 11 is 1.79. The molecule has 0 spiro atoms. The van der Waals surface area contributed by atoms with Crippen molar-refractivity contribution in [2.75, 3.05) is 20.1 Å². The summed E-state index contributed by atoms with van der Waals surface area (Å²) < 4.78 is 0. The zero-order chi connectivity index (χ0) is 11.8. The van der Waals surface area contributed by atoms with Gasteiger partial charge in [0.1, 0.15) is 5.01 Å². The molecule has 2 N–H and O–H groups in total. The molecule has 90 valence electrons. The third-order valence-electron chi connectivity index (χ3n) is 3.53. The van der Waals surface area contributed by atoms with E-state index >= 15 is 0 Å². The van der Waals surface area contributed by atoms with Gasteiger partial charge < -0.3 is 10.6 Å². The van der Waals surface area contributed by atoms with Gasteiger partial charge in [-0.15, -0.1) is 11.3 Å². The Balaban J connectivity index is 2.22. The number of likely N-dealkylation sites (tertiary alicyclic amines) is 1. The third kappa shape index (κ3) is 2.14. The summed E-state index contributed by atoms with van der Waals surface area (Å²) in [5.41, 5.74) is 7.56. The Hall–Kier alpha value is -0.450. The number of piperidine rings is 1. The van der Waals surface area contributed by atoms with Crippen molar-refractivity contribution < 1.29 is 0 Å². The Morgan fingerprint density at radius 2 is 2.06 bits per heavy atom. The Kier molecular flexibility index (Phi) is 3.33. The second kappa shape index (κ2) is 4.43. The summed E-state index contributed by atoms with van der Waals surface area (Å²) in [6.07, 6.45) is 3.07. The fraction of sp³-hybridized carbons (Fsp3) is 0.750. The van der Waals surface area contributed by atoms with E-state index in [-0.39, 0.29) is 5.54 Å². The number of hydrogen-bond acceptors (Lipinski definition) is 4. The summed E-state index contributed by atoms with van der Waals surface area (Å²) in [6.45, 7) is 6.47. The van der Waals surface area contributed by atoms with Crippen LogP contribution in [0, 0.1) is 6.92 Å². The minimum absolute atomic E-state index is 0.171. The van der Waals surface area contributed by atoms with Crippen LogP contribution in [-0.2, 0) is 12.0 Å². The molecule has 1 fully saturated rings. The maximum Gasteiger partial charge on any atom is 0.113 e. The van der Waals surface area contributed by atoms with E-state index in [4.69, 9.17) is 10.7 Å². The van der Waals surface area contributed by atoms with E-state index in [9.17, 15) is 0 Å². The molecule has 2 heterocycles. The molecule has 4 heteroatoms. The van der Waals surface area contributed by atoms with E-state index < -0.39 is 0 Å². The molecule has 0 aliphatic carbocycles. The highest BCUT2D eigenvalue weighted by Gasteiger charge is 2.34. The SMILES string of the molecule is CCc1nc(C2(N)CCN(C)CC2)sc1C. The first kappa shape index (κ1) is 12.0. The Labute approximate surface area is 102 Å². The fourth-order valence-corrected chi connectivity index (χ4v) is 3.36. The van der Waals surface area contributed by atoms with Crippen LogP contribution in [0.5, 0.6) is 0 Å². The molecule has 2 rings (SSSR count). The van der Waals surface area contributed by atoms with Gasteiger partial charge in [-0.3, -0.25) is 0 Å². The largest absolute Gasteiger partial charge is 0.319 e. The zero-order valence-electron chi connectivity index (χ0n) is 10.4. The van der Waals surface area contributed by atoms with Crippen molar-refractivity contribution in [1.82, 2.24) is 9.88 Å². The van der Waals surface area contributed by atoms with Gasteiger partial charge in [0.2, 0.25) is 0 Å². The highest BCUT2D eigenvalue weighted by molar-refractivity contribution is 7.11.